The van der Waals surface area contributed by atoms with Crippen LogP contribution in [0.1, 0.15) is 24.8 Å². The van der Waals surface area contributed by atoms with E-state index < -0.39 is 12.7 Å². The highest BCUT2D eigenvalue weighted by molar-refractivity contribution is 5.97. The van der Waals surface area contributed by atoms with E-state index in [1.165, 1.54) is 4.90 Å². The standard InChI is InChI=1S/C17H20F3N3O2/c18-17(19,20)10-23-7-5-12(6-8-23)16(25)21-13-3-1-11-2-4-15(24)22-14(11)9-13/h1,3,9,12H,2,4-8,10H2,(H,21,25)(H,22,24). The molecule has 0 atom stereocenters. The monoisotopic (exact) mass is 355 g/mol. The molecule has 2 N–H and O–H groups in total. The lowest BCUT2D eigenvalue weighted by atomic mass is 9.95. The van der Waals surface area contributed by atoms with Gasteiger partial charge in [0.25, 0.3) is 0 Å². The summed E-state index contributed by atoms with van der Waals surface area (Å²) in [5, 5.41) is 5.59. The van der Waals surface area contributed by atoms with Crippen molar-refractivity contribution in [3.8, 4) is 0 Å². The molecule has 0 saturated carbocycles. The first kappa shape index (κ1) is 17.7. The lowest BCUT2D eigenvalue weighted by Crippen LogP contribution is -2.42. The van der Waals surface area contributed by atoms with Crippen LogP contribution in [0.3, 0.4) is 0 Å². The van der Waals surface area contributed by atoms with Gasteiger partial charge in [-0.3, -0.25) is 14.5 Å². The van der Waals surface area contributed by atoms with Crippen molar-refractivity contribution >= 4 is 23.2 Å². The molecule has 1 aromatic rings. The first-order valence-corrected chi connectivity index (χ1v) is 8.33. The van der Waals surface area contributed by atoms with Crippen molar-refractivity contribution in [1.82, 2.24) is 4.90 Å². The van der Waals surface area contributed by atoms with Crippen molar-refractivity contribution in [1.29, 1.82) is 0 Å². The molecule has 25 heavy (non-hydrogen) atoms. The second-order valence-corrected chi connectivity index (χ2v) is 6.57. The topological polar surface area (TPSA) is 61.4 Å². The molecular formula is C17H20F3N3O2. The molecular weight excluding hydrogens is 335 g/mol. The van der Waals surface area contributed by atoms with E-state index >= 15 is 0 Å². The summed E-state index contributed by atoms with van der Waals surface area (Å²) in [6.07, 6.45) is -2.27. The van der Waals surface area contributed by atoms with E-state index in [2.05, 4.69) is 10.6 Å². The third-order valence-electron chi connectivity index (χ3n) is 4.63. The Kier molecular flexibility index (Phi) is 4.99. The highest BCUT2D eigenvalue weighted by Gasteiger charge is 2.33. The summed E-state index contributed by atoms with van der Waals surface area (Å²) in [4.78, 5) is 25.1. The van der Waals surface area contributed by atoms with Gasteiger partial charge < -0.3 is 10.6 Å². The van der Waals surface area contributed by atoms with Crippen LogP contribution in [0.2, 0.25) is 0 Å². The van der Waals surface area contributed by atoms with Crippen LogP contribution in [0.25, 0.3) is 0 Å². The Bertz CT molecular complexity index is 668. The predicted molar refractivity (Wildman–Crippen MR) is 87.2 cm³/mol. The van der Waals surface area contributed by atoms with Crippen LogP contribution < -0.4 is 10.6 Å². The quantitative estimate of drug-likeness (QED) is 0.877. The fourth-order valence-electron chi connectivity index (χ4n) is 3.30. The molecule has 2 amide bonds. The van der Waals surface area contributed by atoms with Gasteiger partial charge in [-0.05, 0) is 50.0 Å². The number of benzene rings is 1. The molecule has 0 radical (unpaired) electrons. The molecule has 0 aromatic heterocycles. The molecule has 2 aliphatic heterocycles. The molecule has 0 unspecified atom stereocenters. The summed E-state index contributed by atoms with van der Waals surface area (Å²) in [6.45, 7) is -0.401. The Morgan fingerprint density at radius 2 is 1.96 bits per heavy atom. The second-order valence-electron chi connectivity index (χ2n) is 6.57. The predicted octanol–water partition coefficient (Wildman–Crippen LogP) is 2.78. The van der Waals surface area contributed by atoms with Crippen molar-refractivity contribution < 1.29 is 22.8 Å². The van der Waals surface area contributed by atoms with Gasteiger partial charge >= 0.3 is 6.18 Å². The second kappa shape index (κ2) is 7.03. The summed E-state index contributed by atoms with van der Waals surface area (Å²) in [6, 6.07) is 5.38. The fourth-order valence-corrected chi connectivity index (χ4v) is 3.30. The minimum atomic E-state index is -4.21. The van der Waals surface area contributed by atoms with Gasteiger partial charge in [0.05, 0.1) is 6.54 Å². The van der Waals surface area contributed by atoms with Crippen molar-refractivity contribution in [2.24, 2.45) is 5.92 Å². The Morgan fingerprint density at radius 1 is 1.24 bits per heavy atom. The molecule has 136 valence electrons. The van der Waals surface area contributed by atoms with Gasteiger partial charge in [0.1, 0.15) is 0 Å². The summed E-state index contributed by atoms with van der Waals surface area (Å²) >= 11 is 0. The van der Waals surface area contributed by atoms with Gasteiger partial charge in [-0.1, -0.05) is 6.07 Å². The smallest absolute Gasteiger partial charge is 0.326 e. The SMILES string of the molecule is O=C1CCc2ccc(NC(=O)C3CCN(CC(F)(F)F)CC3)cc2N1. The van der Waals surface area contributed by atoms with Crippen LogP contribution in [0.15, 0.2) is 18.2 Å². The molecule has 0 aliphatic carbocycles. The van der Waals surface area contributed by atoms with Crippen molar-refractivity contribution in [3.63, 3.8) is 0 Å². The van der Waals surface area contributed by atoms with Crippen LogP contribution in [0, 0.1) is 5.92 Å². The average Bonchev–Trinajstić information content (AvgIpc) is 2.53. The molecule has 5 nitrogen and oxygen atoms in total. The van der Waals surface area contributed by atoms with E-state index in [4.69, 9.17) is 0 Å². The van der Waals surface area contributed by atoms with E-state index in [1.807, 2.05) is 6.07 Å². The molecule has 1 saturated heterocycles. The number of hydrogen-bond acceptors (Lipinski definition) is 3. The fraction of sp³-hybridized carbons (Fsp3) is 0.529. The number of anilines is 2. The zero-order chi connectivity index (χ0) is 18.0. The van der Waals surface area contributed by atoms with E-state index in [-0.39, 0.29) is 30.8 Å². The number of carbonyl (C=O) groups excluding carboxylic acids is 2. The van der Waals surface area contributed by atoms with E-state index in [1.54, 1.807) is 12.1 Å². The van der Waals surface area contributed by atoms with Crippen LogP contribution in [0.5, 0.6) is 0 Å². The Labute approximate surface area is 143 Å². The zero-order valence-corrected chi connectivity index (χ0v) is 13.7. The third-order valence-corrected chi connectivity index (χ3v) is 4.63. The maximum atomic E-state index is 12.4. The van der Waals surface area contributed by atoms with Gasteiger partial charge in [-0.25, -0.2) is 0 Å². The zero-order valence-electron chi connectivity index (χ0n) is 13.7. The number of hydrogen-bond donors (Lipinski definition) is 2. The Hall–Kier alpha value is -2.09. The highest BCUT2D eigenvalue weighted by atomic mass is 19.4. The number of halogens is 3. The van der Waals surface area contributed by atoms with Crippen LogP contribution in [-0.4, -0.2) is 42.5 Å². The van der Waals surface area contributed by atoms with Gasteiger partial charge in [0, 0.05) is 23.7 Å². The normalized spacial score (nSPS) is 19.2. The molecule has 0 spiro atoms. The van der Waals surface area contributed by atoms with Crippen LogP contribution in [0.4, 0.5) is 24.5 Å². The molecule has 1 fully saturated rings. The number of carbonyl (C=O) groups is 2. The number of nitrogens with one attached hydrogen (secondary N) is 2. The number of aryl methyl sites for hydroxylation is 1. The maximum absolute atomic E-state index is 12.4. The van der Waals surface area contributed by atoms with E-state index in [0.717, 1.165) is 5.56 Å². The largest absolute Gasteiger partial charge is 0.401 e. The summed E-state index contributed by atoms with van der Waals surface area (Å²) in [5.74, 6) is -0.531. The molecule has 1 aromatic carbocycles. The molecule has 2 aliphatic rings. The van der Waals surface area contributed by atoms with Gasteiger partial charge in [-0.15, -0.1) is 0 Å². The molecule has 8 heteroatoms. The van der Waals surface area contributed by atoms with Gasteiger partial charge in [0.15, 0.2) is 0 Å². The van der Waals surface area contributed by atoms with E-state index in [9.17, 15) is 22.8 Å². The number of fused-ring (bicyclic) bond motifs is 1. The number of alkyl halides is 3. The minimum Gasteiger partial charge on any atom is -0.326 e. The summed E-state index contributed by atoms with van der Waals surface area (Å²) in [7, 11) is 0. The Balaban J connectivity index is 1.55. The van der Waals surface area contributed by atoms with Crippen LogP contribution in [-0.2, 0) is 16.0 Å². The third kappa shape index (κ3) is 4.72. The number of nitrogens with zero attached hydrogens (tertiary/aromatic N) is 1. The summed E-state index contributed by atoms with van der Waals surface area (Å²) in [5.41, 5.74) is 2.32. The lowest BCUT2D eigenvalue weighted by Gasteiger charge is -2.31. The molecule has 0 bridgehead atoms. The number of rotatable bonds is 3. The molecule has 2 heterocycles. The van der Waals surface area contributed by atoms with Crippen LogP contribution >= 0.6 is 0 Å². The van der Waals surface area contributed by atoms with E-state index in [0.29, 0.717) is 37.1 Å². The van der Waals surface area contributed by atoms with Crippen molar-refractivity contribution in [2.75, 3.05) is 30.3 Å². The van der Waals surface area contributed by atoms with Gasteiger partial charge in [0.2, 0.25) is 11.8 Å². The number of likely N-dealkylation sites (tertiary alicyclic amines) is 1. The maximum Gasteiger partial charge on any atom is 0.401 e. The lowest BCUT2D eigenvalue weighted by molar-refractivity contribution is -0.149. The van der Waals surface area contributed by atoms with Crippen molar-refractivity contribution in [3.05, 3.63) is 23.8 Å². The number of amides is 2. The first-order chi connectivity index (χ1) is 11.8. The van der Waals surface area contributed by atoms with Gasteiger partial charge in [-0.2, -0.15) is 13.2 Å². The summed E-state index contributed by atoms with van der Waals surface area (Å²) < 4.78 is 37.2. The minimum absolute atomic E-state index is 0.0481. The Morgan fingerprint density at radius 3 is 2.64 bits per heavy atom. The number of piperidine rings is 1. The average molecular weight is 355 g/mol. The highest BCUT2D eigenvalue weighted by Crippen LogP contribution is 2.27. The first-order valence-electron chi connectivity index (χ1n) is 8.33. The molecule has 3 rings (SSSR count). The van der Waals surface area contributed by atoms with Crippen molar-refractivity contribution in [2.45, 2.75) is 31.9 Å².